The normalized spacial score (nSPS) is 16.5. The number of unbranched alkanes of at least 4 members (excludes halogenated alkanes) is 1. The molecule has 1 aliphatic rings. The molecule has 1 rings (SSSR count). The summed E-state index contributed by atoms with van der Waals surface area (Å²) >= 11 is 3.37. The van der Waals surface area contributed by atoms with E-state index in [2.05, 4.69) is 35.1 Å². The van der Waals surface area contributed by atoms with E-state index in [1.807, 2.05) is 0 Å². The third-order valence-electron chi connectivity index (χ3n) is 3.21. The number of halogens is 1. The minimum Gasteiger partial charge on any atom is -0.356 e. The first kappa shape index (κ1) is 13.0. The molecule has 0 radical (unpaired) electrons. The third-order valence-corrected chi connectivity index (χ3v) is 3.77. The molecule has 88 valence electrons. The lowest BCUT2D eigenvalue weighted by Crippen LogP contribution is -2.35. The first-order valence-electron chi connectivity index (χ1n) is 5.89. The molecule has 0 aromatic heterocycles. The monoisotopic (exact) mass is 275 g/mol. The summed E-state index contributed by atoms with van der Waals surface area (Å²) in [4.78, 5) is 11.5. The van der Waals surface area contributed by atoms with Gasteiger partial charge in [0.05, 0.1) is 0 Å². The second-order valence-electron chi connectivity index (χ2n) is 5.19. The average Bonchev–Trinajstić information content (AvgIpc) is 2.98. The van der Waals surface area contributed by atoms with Crippen LogP contribution in [0.4, 0.5) is 0 Å². The quantitative estimate of drug-likeness (QED) is 0.562. The molecule has 0 spiro atoms. The van der Waals surface area contributed by atoms with Crippen molar-refractivity contribution >= 4 is 21.8 Å². The van der Waals surface area contributed by atoms with Gasteiger partial charge in [-0.2, -0.15) is 0 Å². The van der Waals surface area contributed by atoms with Gasteiger partial charge in [-0.3, -0.25) is 4.79 Å². The van der Waals surface area contributed by atoms with Crippen LogP contribution in [-0.2, 0) is 4.79 Å². The Morgan fingerprint density at radius 1 is 1.40 bits per heavy atom. The van der Waals surface area contributed by atoms with Gasteiger partial charge in [-0.15, -0.1) is 0 Å². The van der Waals surface area contributed by atoms with Gasteiger partial charge in [0.15, 0.2) is 0 Å². The van der Waals surface area contributed by atoms with Gasteiger partial charge in [0, 0.05) is 18.3 Å². The molecule has 0 aliphatic heterocycles. The van der Waals surface area contributed by atoms with Crippen LogP contribution in [0.2, 0.25) is 0 Å². The molecule has 0 heterocycles. The molecule has 1 saturated carbocycles. The zero-order valence-corrected chi connectivity index (χ0v) is 11.4. The Balaban J connectivity index is 2.10. The summed E-state index contributed by atoms with van der Waals surface area (Å²) in [6, 6.07) is 0. The van der Waals surface area contributed by atoms with Crippen molar-refractivity contribution in [2.45, 2.75) is 46.0 Å². The van der Waals surface area contributed by atoms with Crippen molar-refractivity contribution in [2.75, 3.05) is 11.9 Å². The Labute approximate surface area is 101 Å². The van der Waals surface area contributed by atoms with Crippen LogP contribution in [0.15, 0.2) is 0 Å². The molecule has 1 fully saturated rings. The van der Waals surface area contributed by atoms with Crippen molar-refractivity contribution in [3.63, 3.8) is 0 Å². The highest BCUT2D eigenvalue weighted by atomic mass is 79.9. The summed E-state index contributed by atoms with van der Waals surface area (Å²) in [6.07, 6.45) is 5.42. The number of nitrogens with one attached hydrogen (secondary N) is 1. The molecule has 0 aromatic carbocycles. The number of carbonyl (C=O) groups is 1. The summed E-state index contributed by atoms with van der Waals surface area (Å²) < 4.78 is 0. The minimum absolute atomic E-state index is 0.213. The molecule has 0 aromatic rings. The maximum atomic E-state index is 11.5. The van der Waals surface area contributed by atoms with Crippen LogP contribution in [0.1, 0.15) is 46.0 Å². The van der Waals surface area contributed by atoms with Crippen LogP contribution in [0.5, 0.6) is 0 Å². The Kier molecular flexibility index (Phi) is 5.10. The third kappa shape index (κ3) is 5.01. The fourth-order valence-electron chi connectivity index (χ4n) is 1.80. The summed E-state index contributed by atoms with van der Waals surface area (Å²) in [5, 5.41) is 4.04. The van der Waals surface area contributed by atoms with Crippen molar-refractivity contribution < 1.29 is 4.79 Å². The van der Waals surface area contributed by atoms with Crippen LogP contribution in [0.3, 0.4) is 0 Å². The Bertz CT molecular complexity index is 212. The van der Waals surface area contributed by atoms with Crippen molar-refractivity contribution in [3.05, 3.63) is 0 Å². The fourth-order valence-corrected chi connectivity index (χ4v) is 2.20. The van der Waals surface area contributed by atoms with E-state index in [1.165, 1.54) is 12.8 Å². The smallest absolute Gasteiger partial charge is 0.220 e. The van der Waals surface area contributed by atoms with E-state index in [1.54, 1.807) is 0 Å². The zero-order valence-electron chi connectivity index (χ0n) is 9.81. The molecule has 0 unspecified atom stereocenters. The van der Waals surface area contributed by atoms with Gasteiger partial charge >= 0.3 is 0 Å². The van der Waals surface area contributed by atoms with Crippen molar-refractivity contribution in [2.24, 2.45) is 11.3 Å². The molecule has 0 atom stereocenters. The molecule has 1 aliphatic carbocycles. The fraction of sp³-hybridized carbons (Fsp3) is 0.917. The minimum atomic E-state index is 0.213. The first-order valence-corrected chi connectivity index (χ1v) is 7.01. The van der Waals surface area contributed by atoms with E-state index in [-0.39, 0.29) is 5.91 Å². The van der Waals surface area contributed by atoms with E-state index in [4.69, 9.17) is 0 Å². The highest BCUT2D eigenvalue weighted by Gasteiger charge is 2.37. The molecular formula is C12H22BrNO. The molecule has 15 heavy (non-hydrogen) atoms. The second-order valence-corrected chi connectivity index (χ2v) is 5.98. The van der Waals surface area contributed by atoms with Gasteiger partial charge in [0.2, 0.25) is 5.91 Å². The van der Waals surface area contributed by atoms with Crippen LogP contribution in [-0.4, -0.2) is 17.8 Å². The average molecular weight is 276 g/mol. The SMILES string of the molecule is CC(C)(CNC(=O)CCCCBr)C1CC1. The highest BCUT2D eigenvalue weighted by molar-refractivity contribution is 9.09. The van der Waals surface area contributed by atoms with Gasteiger partial charge in [0.25, 0.3) is 0 Å². The number of carbonyl (C=O) groups excluding carboxylic acids is 1. The molecule has 0 saturated heterocycles. The topological polar surface area (TPSA) is 29.1 Å². The first-order chi connectivity index (χ1) is 7.06. The van der Waals surface area contributed by atoms with E-state index in [0.29, 0.717) is 11.8 Å². The van der Waals surface area contributed by atoms with Crippen LogP contribution >= 0.6 is 15.9 Å². The second kappa shape index (κ2) is 5.88. The number of hydrogen-bond acceptors (Lipinski definition) is 1. The Morgan fingerprint density at radius 2 is 2.07 bits per heavy atom. The zero-order chi connectivity index (χ0) is 11.3. The van der Waals surface area contributed by atoms with Gasteiger partial charge in [-0.1, -0.05) is 29.8 Å². The number of amides is 1. The molecule has 1 amide bonds. The van der Waals surface area contributed by atoms with Crippen molar-refractivity contribution in [1.29, 1.82) is 0 Å². The van der Waals surface area contributed by atoms with Crippen molar-refractivity contribution in [3.8, 4) is 0 Å². The van der Waals surface area contributed by atoms with Crippen LogP contribution in [0, 0.1) is 11.3 Å². The van der Waals surface area contributed by atoms with E-state index in [9.17, 15) is 4.79 Å². The lowest BCUT2D eigenvalue weighted by atomic mass is 9.87. The predicted molar refractivity (Wildman–Crippen MR) is 67.2 cm³/mol. The highest BCUT2D eigenvalue weighted by Crippen LogP contribution is 2.44. The van der Waals surface area contributed by atoms with Gasteiger partial charge in [0.1, 0.15) is 0 Å². The lowest BCUT2D eigenvalue weighted by Gasteiger charge is -2.24. The number of alkyl halides is 1. The molecular weight excluding hydrogens is 254 g/mol. The molecule has 3 heteroatoms. The predicted octanol–water partition coefficient (Wildman–Crippen LogP) is 3.10. The summed E-state index contributed by atoms with van der Waals surface area (Å²) in [6.45, 7) is 5.34. The number of hydrogen-bond donors (Lipinski definition) is 1. The summed E-state index contributed by atoms with van der Waals surface area (Å²) in [7, 11) is 0. The van der Waals surface area contributed by atoms with Gasteiger partial charge < -0.3 is 5.32 Å². The van der Waals surface area contributed by atoms with Gasteiger partial charge in [-0.25, -0.2) is 0 Å². The molecule has 2 nitrogen and oxygen atoms in total. The standard InChI is InChI=1S/C12H22BrNO/c1-12(2,10-6-7-10)9-14-11(15)5-3-4-8-13/h10H,3-9H2,1-2H3,(H,14,15). The molecule has 0 bridgehead atoms. The maximum absolute atomic E-state index is 11.5. The van der Waals surface area contributed by atoms with Crippen LogP contribution in [0.25, 0.3) is 0 Å². The lowest BCUT2D eigenvalue weighted by molar-refractivity contribution is -0.121. The van der Waals surface area contributed by atoms with E-state index in [0.717, 1.165) is 30.6 Å². The Hall–Kier alpha value is -0.0500. The summed E-state index contributed by atoms with van der Waals surface area (Å²) in [5.74, 6) is 1.05. The van der Waals surface area contributed by atoms with E-state index < -0.39 is 0 Å². The molecule has 1 N–H and O–H groups in total. The maximum Gasteiger partial charge on any atom is 0.220 e. The Morgan fingerprint density at radius 3 is 2.60 bits per heavy atom. The largest absolute Gasteiger partial charge is 0.356 e. The van der Waals surface area contributed by atoms with Gasteiger partial charge in [-0.05, 0) is 37.0 Å². The number of rotatable bonds is 7. The van der Waals surface area contributed by atoms with Crippen molar-refractivity contribution in [1.82, 2.24) is 5.32 Å². The van der Waals surface area contributed by atoms with E-state index >= 15 is 0 Å². The summed E-state index contributed by atoms with van der Waals surface area (Å²) in [5.41, 5.74) is 0.297. The van der Waals surface area contributed by atoms with Crippen LogP contribution < -0.4 is 5.32 Å².